The highest BCUT2D eigenvalue weighted by molar-refractivity contribution is 5.99. The fraction of sp³-hybridized carbons (Fsp3) is 0.214. The Labute approximate surface area is 99.3 Å². The predicted molar refractivity (Wildman–Crippen MR) is 63.8 cm³/mol. The molecule has 4 rings (SSSR count). The Bertz CT molecular complexity index is 614. The normalized spacial score (nSPS) is 21.1. The minimum Gasteiger partial charge on any atom is -0.348 e. The van der Waals surface area contributed by atoms with Gasteiger partial charge in [-0.15, -0.1) is 0 Å². The number of aromatic nitrogens is 1. The molecule has 1 atom stereocenters. The van der Waals surface area contributed by atoms with Crippen LogP contribution in [0.1, 0.15) is 27.7 Å². The van der Waals surface area contributed by atoms with E-state index < -0.39 is 0 Å². The molecule has 0 spiro atoms. The van der Waals surface area contributed by atoms with Crippen molar-refractivity contribution in [3.63, 3.8) is 0 Å². The van der Waals surface area contributed by atoms with Crippen LogP contribution in [0.4, 0.5) is 0 Å². The van der Waals surface area contributed by atoms with E-state index in [0.29, 0.717) is 0 Å². The summed E-state index contributed by atoms with van der Waals surface area (Å²) in [7, 11) is 0. The SMILES string of the molecule is O=C1c2ccccc2C2c3cccn3CCN12. The van der Waals surface area contributed by atoms with Crippen LogP contribution >= 0.6 is 0 Å². The van der Waals surface area contributed by atoms with Crippen LogP contribution in [0.25, 0.3) is 0 Å². The summed E-state index contributed by atoms with van der Waals surface area (Å²) in [5, 5.41) is 0. The third-order valence-corrected chi connectivity index (χ3v) is 3.78. The summed E-state index contributed by atoms with van der Waals surface area (Å²) in [4.78, 5) is 14.3. The van der Waals surface area contributed by atoms with E-state index in [2.05, 4.69) is 29.0 Å². The molecule has 0 N–H and O–H groups in total. The molecule has 1 amide bonds. The molecule has 0 saturated carbocycles. The van der Waals surface area contributed by atoms with Gasteiger partial charge in [-0.3, -0.25) is 4.79 Å². The maximum Gasteiger partial charge on any atom is 0.255 e. The van der Waals surface area contributed by atoms with Gasteiger partial charge in [0.2, 0.25) is 0 Å². The van der Waals surface area contributed by atoms with Gasteiger partial charge in [0.25, 0.3) is 5.91 Å². The molecule has 1 aromatic heterocycles. The number of hydrogen-bond acceptors (Lipinski definition) is 1. The molecule has 0 saturated heterocycles. The first-order valence-electron chi connectivity index (χ1n) is 5.91. The van der Waals surface area contributed by atoms with Gasteiger partial charge in [0.1, 0.15) is 0 Å². The molecule has 3 nitrogen and oxygen atoms in total. The number of hydrogen-bond donors (Lipinski definition) is 0. The lowest BCUT2D eigenvalue weighted by Gasteiger charge is -2.31. The van der Waals surface area contributed by atoms with Gasteiger partial charge in [-0.05, 0) is 23.8 Å². The number of benzene rings is 1. The Morgan fingerprint density at radius 3 is 2.88 bits per heavy atom. The molecular weight excluding hydrogens is 212 g/mol. The van der Waals surface area contributed by atoms with Crippen LogP contribution in [0.3, 0.4) is 0 Å². The molecular formula is C14H12N2O. The maximum absolute atomic E-state index is 12.3. The van der Waals surface area contributed by atoms with Crippen LogP contribution in [-0.2, 0) is 6.54 Å². The second-order valence-electron chi connectivity index (χ2n) is 4.61. The molecule has 3 heteroatoms. The summed E-state index contributed by atoms with van der Waals surface area (Å²) < 4.78 is 2.25. The van der Waals surface area contributed by atoms with Crippen LogP contribution in [-0.4, -0.2) is 21.9 Å². The van der Waals surface area contributed by atoms with Crippen LogP contribution in [0.5, 0.6) is 0 Å². The minimum atomic E-state index is 0.127. The fourth-order valence-electron chi connectivity index (χ4n) is 3.01. The molecule has 0 fully saturated rings. The third-order valence-electron chi connectivity index (χ3n) is 3.78. The molecule has 0 radical (unpaired) electrons. The molecule has 0 bridgehead atoms. The van der Waals surface area contributed by atoms with Crippen molar-refractivity contribution in [2.24, 2.45) is 0 Å². The van der Waals surface area contributed by atoms with Gasteiger partial charge in [0, 0.05) is 30.5 Å². The number of rotatable bonds is 0. The molecule has 17 heavy (non-hydrogen) atoms. The van der Waals surface area contributed by atoms with E-state index in [4.69, 9.17) is 0 Å². The summed E-state index contributed by atoms with van der Waals surface area (Å²) >= 11 is 0. The van der Waals surface area contributed by atoms with Crippen molar-refractivity contribution in [3.8, 4) is 0 Å². The van der Waals surface area contributed by atoms with Gasteiger partial charge < -0.3 is 9.47 Å². The number of nitrogens with zero attached hydrogens (tertiary/aromatic N) is 2. The van der Waals surface area contributed by atoms with Crippen LogP contribution in [0, 0.1) is 0 Å². The number of fused-ring (bicyclic) bond motifs is 5. The highest BCUT2D eigenvalue weighted by Crippen LogP contribution is 2.40. The van der Waals surface area contributed by atoms with Gasteiger partial charge in [-0.1, -0.05) is 18.2 Å². The van der Waals surface area contributed by atoms with Crippen molar-refractivity contribution < 1.29 is 4.79 Å². The Balaban J connectivity index is 1.98. The zero-order valence-electron chi connectivity index (χ0n) is 9.34. The minimum absolute atomic E-state index is 0.127. The molecule has 2 aliphatic heterocycles. The Morgan fingerprint density at radius 1 is 1.06 bits per heavy atom. The lowest BCUT2D eigenvalue weighted by atomic mass is 10.0. The molecule has 1 unspecified atom stereocenters. The van der Waals surface area contributed by atoms with E-state index in [-0.39, 0.29) is 11.9 Å². The Kier molecular flexibility index (Phi) is 1.60. The average Bonchev–Trinajstić information content (AvgIpc) is 2.93. The molecule has 2 aromatic rings. The molecule has 2 aliphatic rings. The lowest BCUT2D eigenvalue weighted by Crippen LogP contribution is -2.37. The van der Waals surface area contributed by atoms with Crippen molar-refractivity contribution in [1.29, 1.82) is 0 Å². The maximum atomic E-state index is 12.3. The van der Waals surface area contributed by atoms with Gasteiger partial charge in [0.05, 0.1) is 6.04 Å². The summed E-state index contributed by atoms with van der Waals surface area (Å²) in [6, 6.07) is 12.3. The molecule has 0 aliphatic carbocycles. The van der Waals surface area contributed by atoms with Gasteiger partial charge >= 0.3 is 0 Å². The second kappa shape index (κ2) is 3.00. The van der Waals surface area contributed by atoms with Crippen molar-refractivity contribution >= 4 is 5.91 Å². The van der Waals surface area contributed by atoms with Crippen molar-refractivity contribution in [3.05, 3.63) is 59.4 Å². The smallest absolute Gasteiger partial charge is 0.255 e. The van der Waals surface area contributed by atoms with Gasteiger partial charge in [-0.25, -0.2) is 0 Å². The van der Waals surface area contributed by atoms with E-state index in [1.165, 1.54) is 5.69 Å². The quantitative estimate of drug-likeness (QED) is 0.672. The van der Waals surface area contributed by atoms with Crippen molar-refractivity contribution in [2.45, 2.75) is 12.6 Å². The van der Waals surface area contributed by atoms with Gasteiger partial charge in [-0.2, -0.15) is 0 Å². The largest absolute Gasteiger partial charge is 0.348 e. The fourth-order valence-corrected chi connectivity index (χ4v) is 3.01. The molecule has 3 heterocycles. The molecule has 84 valence electrons. The summed E-state index contributed by atoms with van der Waals surface area (Å²) in [5.74, 6) is 0.179. The number of carbonyl (C=O) groups excluding carboxylic acids is 1. The topological polar surface area (TPSA) is 25.2 Å². The van der Waals surface area contributed by atoms with Crippen LogP contribution in [0.2, 0.25) is 0 Å². The first-order chi connectivity index (χ1) is 8.36. The first-order valence-corrected chi connectivity index (χ1v) is 5.91. The summed E-state index contributed by atoms with van der Waals surface area (Å²) in [6.07, 6.45) is 2.10. The van der Waals surface area contributed by atoms with Crippen molar-refractivity contribution in [1.82, 2.24) is 9.47 Å². The molecule has 1 aromatic carbocycles. The standard InChI is InChI=1S/C14H12N2O/c17-14-11-5-2-1-4-10(11)13-12-6-3-7-15(12)8-9-16(13)14/h1-7,13H,8-9H2. The van der Waals surface area contributed by atoms with E-state index in [1.54, 1.807) is 0 Å². The predicted octanol–water partition coefficient (Wildman–Crippen LogP) is 2.05. The summed E-state index contributed by atoms with van der Waals surface area (Å²) in [5.41, 5.74) is 3.25. The van der Waals surface area contributed by atoms with E-state index in [9.17, 15) is 4.79 Å². The van der Waals surface area contributed by atoms with Gasteiger partial charge in [0.15, 0.2) is 0 Å². The van der Waals surface area contributed by atoms with Crippen molar-refractivity contribution in [2.75, 3.05) is 6.54 Å². The Hall–Kier alpha value is -2.03. The highest BCUT2D eigenvalue weighted by Gasteiger charge is 2.40. The highest BCUT2D eigenvalue weighted by atomic mass is 16.2. The zero-order valence-corrected chi connectivity index (χ0v) is 9.34. The zero-order chi connectivity index (χ0) is 11.4. The van der Waals surface area contributed by atoms with E-state index in [0.717, 1.165) is 24.2 Å². The van der Waals surface area contributed by atoms with E-state index >= 15 is 0 Å². The van der Waals surface area contributed by atoms with Crippen LogP contribution < -0.4 is 0 Å². The Morgan fingerprint density at radius 2 is 1.94 bits per heavy atom. The number of amides is 1. The average molecular weight is 224 g/mol. The number of carbonyl (C=O) groups is 1. The monoisotopic (exact) mass is 224 g/mol. The summed E-state index contributed by atoms with van der Waals surface area (Å²) in [6.45, 7) is 1.71. The van der Waals surface area contributed by atoms with E-state index in [1.807, 2.05) is 23.1 Å². The third kappa shape index (κ3) is 1.04. The van der Waals surface area contributed by atoms with Crippen LogP contribution in [0.15, 0.2) is 42.6 Å². The second-order valence-corrected chi connectivity index (χ2v) is 4.61. The first kappa shape index (κ1) is 9.05. The lowest BCUT2D eigenvalue weighted by molar-refractivity contribution is 0.0714.